The molecule has 2 unspecified atom stereocenters. The average molecular weight is 669 g/mol. The Morgan fingerprint density at radius 2 is 1.11 bits per heavy atom. The standard InChI is InChI=1S/C37H65O8P/c1-4-7-9-11-13-15-16-17-18-19-20-21-22-24-26-28-30-32-37(39)45-35(34-44-46(40,41)43-6-3)33-42-36(38)31-29-27-25-23-14-12-10-8-5-2/h7,9,13,15,17-18,20-21,35H,4-6,8,10-12,14,16,19,22-34H2,1-3H3,(H,40,41)/b9-7-,15-13-,18-17-,21-20-. The number of rotatable bonds is 32. The van der Waals surface area contributed by atoms with Gasteiger partial charge in [0, 0.05) is 12.8 Å². The summed E-state index contributed by atoms with van der Waals surface area (Å²) in [5.74, 6) is -0.832. The number of esters is 2. The molecule has 0 aromatic rings. The number of phosphoric acid groups is 1. The Hall–Kier alpha value is -1.99. The van der Waals surface area contributed by atoms with Crippen LogP contribution in [0.1, 0.15) is 149 Å². The summed E-state index contributed by atoms with van der Waals surface area (Å²) >= 11 is 0. The summed E-state index contributed by atoms with van der Waals surface area (Å²) < 4.78 is 32.4. The van der Waals surface area contributed by atoms with E-state index >= 15 is 0 Å². The van der Waals surface area contributed by atoms with Gasteiger partial charge in [-0.05, 0) is 58.3 Å². The second-order valence-corrected chi connectivity index (χ2v) is 13.0. The summed E-state index contributed by atoms with van der Waals surface area (Å²) in [6.45, 7) is 5.28. The van der Waals surface area contributed by atoms with Crippen molar-refractivity contribution in [1.29, 1.82) is 0 Å². The van der Waals surface area contributed by atoms with Gasteiger partial charge in [-0.15, -0.1) is 0 Å². The number of ether oxygens (including phenoxy) is 2. The smallest absolute Gasteiger partial charge is 0.462 e. The van der Waals surface area contributed by atoms with Crippen molar-refractivity contribution in [3.63, 3.8) is 0 Å². The van der Waals surface area contributed by atoms with Gasteiger partial charge in [-0.1, -0.05) is 127 Å². The van der Waals surface area contributed by atoms with Gasteiger partial charge >= 0.3 is 19.8 Å². The van der Waals surface area contributed by atoms with Gasteiger partial charge in [0.25, 0.3) is 0 Å². The van der Waals surface area contributed by atoms with E-state index in [1.165, 1.54) is 38.5 Å². The zero-order valence-electron chi connectivity index (χ0n) is 29.2. The Kier molecular flexibility index (Phi) is 31.5. The van der Waals surface area contributed by atoms with E-state index in [0.29, 0.717) is 6.42 Å². The normalized spacial score (nSPS) is 14.1. The van der Waals surface area contributed by atoms with E-state index < -0.39 is 26.5 Å². The zero-order chi connectivity index (χ0) is 34.0. The molecule has 1 N–H and O–H groups in total. The Morgan fingerprint density at radius 3 is 1.67 bits per heavy atom. The fourth-order valence-corrected chi connectivity index (χ4v) is 5.31. The lowest BCUT2D eigenvalue weighted by Crippen LogP contribution is -2.29. The maximum atomic E-state index is 12.5. The summed E-state index contributed by atoms with van der Waals surface area (Å²) in [5.41, 5.74) is 0. The molecule has 2 atom stereocenters. The topological polar surface area (TPSA) is 108 Å². The molecule has 0 aromatic carbocycles. The number of allylic oxidation sites excluding steroid dienone is 8. The first kappa shape index (κ1) is 44.0. The summed E-state index contributed by atoms with van der Waals surface area (Å²) in [6.07, 6.45) is 36.0. The molecule has 0 heterocycles. The predicted octanol–water partition coefficient (Wildman–Crippen LogP) is 10.7. The number of phosphoric ester groups is 1. The van der Waals surface area contributed by atoms with Crippen LogP contribution in [0.5, 0.6) is 0 Å². The molecule has 46 heavy (non-hydrogen) atoms. The zero-order valence-corrected chi connectivity index (χ0v) is 30.1. The monoisotopic (exact) mass is 668 g/mol. The third-order valence-electron chi connectivity index (χ3n) is 7.15. The summed E-state index contributed by atoms with van der Waals surface area (Å²) in [5, 5.41) is 0. The molecule has 8 nitrogen and oxygen atoms in total. The van der Waals surface area contributed by atoms with E-state index in [-0.39, 0.29) is 32.0 Å². The van der Waals surface area contributed by atoms with Crippen molar-refractivity contribution in [3.05, 3.63) is 48.6 Å². The van der Waals surface area contributed by atoms with Gasteiger partial charge in [-0.3, -0.25) is 18.6 Å². The lowest BCUT2D eigenvalue weighted by molar-refractivity contribution is -0.161. The van der Waals surface area contributed by atoms with E-state index in [1.807, 2.05) is 0 Å². The molecule has 0 fully saturated rings. The van der Waals surface area contributed by atoms with Crippen LogP contribution in [0.2, 0.25) is 0 Å². The molecule has 0 saturated carbocycles. The van der Waals surface area contributed by atoms with E-state index in [2.05, 4.69) is 62.5 Å². The van der Waals surface area contributed by atoms with Gasteiger partial charge in [0.15, 0.2) is 6.10 Å². The third-order valence-corrected chi connectivity index (χ3v) is 8.21. The van der Waals surface area contributed by atoms with Crippen LogP contribution in [0.15, 0.2) is 48.6 Å². The highest BCUT2D eigenvalue weighted by atomic mass is 31.2. The first-order chi connectivity index (χ1) is 22.3. The fourth-order valence-electron chi connectivity index (χ4n) is 4.56. The Morgan fingerprint density at radius 1 is 0.609 bits per heavy atom. The molecule has 266 valence electrons. The van der Waals surface area contributed by atoms with Gasteiger partial charge in [-0.25, -0.2) is 4.57 Å². The van der Waals surface area contributed by atoms with Crippen LogP contribution in [-0.4, -0.2) is 42.8 Å². The molecular weight excluding hydrogens is 603 g/mol. The van der Waals surface area contributed by atoms with Crippen molar-refractivity contribution in [1.82, 2.24) is 0 Å². The molecule has 0 aliphatic rings. The van der Waals surface area contributed by atoms with Crippen molar-refractivity contribution in [2.24, 2.45) is 0 Å². The SMILES string of the molecule is CC/C=C\C/C=C\C/C=C\C/C=C\CCCCCCC(=O)OC(COC(=O)CCCCCCCCCCC)COP(=O)(O)OCC. The molecule has 0 spiro atoms. The molecule has 0 bridgehead atoms. The second kappa shape index (κ2) is 32.9. The molecule has 0 radical (unpaired) electrons. The molecular formula is C37H65O8P. The van der Waals surface area contributed by atoms with Crippen LogP contribution in [0, 0.1) is 0 Å². The number of unbranched alkanes of at least 4 members (excludes halogenated alkanes) is 12. The van der Waals surface area contributed by atoms with Gasteiger partial charge in [-0.2, -0.15) is 0 Å². The highest BCUT2D eigenvalue weighted by Gasteiger charge is 2.25. The Labute approximate surface area is 280 Å². The largest absolute Gasteiger partial charge is 0.472 e. The number of carbonyl (C=O) groups excluding carboxylic acids is 2. The predicted molar refractivity (Wildman–Crippen MR) is 188 cm³/mol. The van der Waals surface area contributed by atoms with Crippen LogP contribution in [0.3, 0.4) is 0 Å². The molecule has 9 heteroatoms. The Balaban J connectivity index is 4.23. The maximum absolute atomic E-state index is 12.5. The molecule has 0 aliphatic heterocycles. The summed E-state index contributed by atoms with van der Waals surface area (Å²) in [7, 11) is -4.28. The molecule has 0 amide bonds. The van der Waals surface area contributed by atoms with Crippen LogP contribution >= 0.6 is 7.82 Å². The van der Waals surface area contributed by atoms with Crippen LogP contribution in [-0.2, 0) is 32.7 Å². The maximum Gasteiger partial charge on any atom is 0.472 e. The first-order valence-electron chi connectivity index (χ1n) is 17.9. The number of carbonyl (C=O) groups is 2. The molecule has 0 aromatic heterocycles. The van der Waals surface area contributed by atoms with Crippen molar-refractivity contribution in [2.45, 2.75) is 155 Å². The summed E-state index contributed by atoms with van der Waals surface area (Å²) in [6, 6.07) is 0. The van der Waals surface area contributed by atoms with Gasteiger partial charge < -0.3 is 14.4 Å². The van der Waals surface area contributed by atoms with E-state index in [9.17, 15) is 19.0 Å². The van der Waals surface area contributed by atoms with E-state index in [1.54, 1.807) is 6.92 Å². The van der Waals surface area contributed by atoms with Gasteiger partial charge in [0.1, 0.15) is 6.61 Å². The van der Waals surface area contributed by atoms with Gasteiger partial charge in [0.05, 0.1) is 13.2 Å². The number of hydrogen-bond acceptors (Lipinski definition) is 7. The molecule has 0 aliphatic carbocycles. The highest BCUT2D eigenvalue weighted by Crippen LogP contribution is 2.43. The lowest BCUT2D eigenvalue weighted by Gasteiger charge is -2.19. The van der Waals surface area contributed by atoms with Crippen molar-refractivity contribution >= 4 is 19.8 Å². The minimum atomic E-state index is -4.28. The van der Waals surface area contributed by atoms with Crippen molar-refractivity contribution < 1.29 is 37.6 Å². The second-order valence-electron chi connectivity index (χ2n) is 11.5. The van der Waals surface area contributed by atoms with Crippen LogP contribution in [0.25, 0.3) is 0 Å². The number of hydrogen-bond donors (Lipinski definition) is 1. The van der Waals surface area contributed by atoms with Gasteiger partial charge in [0.2, 0.25) is 0 Å². The Bertz CT molecular complexity index is 896. The fraction of sp³-hybridized carbons (Fsp3) is 0.730. The van der Waals surface area contributed by atoms with E-state index in [4.69, 9.17) is 18.5 Å². The molecule has 0 rings (SSSR count). The quantitative estimate of drug-likeness (QED) is 0.0326. The lowest BCUT2D eigenvalue weighted by atomic mass is 10.1. The minimum absolute atomic E-state index is 0.00571. The minimum Gasteiger partial charge on any atom is -0.462 e. The molecule has 0 saturated heterocycles. The van der Waals surface area contributed by atoms with Crippen LogP contribution in [0.4, 0.5) is 0 Å². The van der Waals surface area contributed by atoms with E-state index in [0.717, 1.165) is 70.6 Å². The van der Waals surface area contributed by atoms with Crippen molar-refractivity contribution in [3.8, 4) is 0 Å². The summed E-state index contributed by atoms with van der Waals surface area (Å²) in [4.78, 5) is 34.4. The highest BCUT2D eigenvalue weighted by molar-refractivity contribution is 7.47. The third kappa shape index (κ3) is 32.0. The first-order valence-corrected chi connectivity index (χ1v) is 19.4. The average Bonchev–Trinajstić information content (AvgIpc) is 3.03. The van der Waals surface area contributed by atoms with Crippen molar-refractivity contribution in [2.75, 3.05) is 19.8 Å². The van der Waals surface area contributed by atoms with Crippen LogP contribution < -0.4 is 0 Å².